The molecule has 0 bridgehead atoms. The summed E-state index contributed by atoms with van der Waals surface area (Å²) in [5, 5.41) is 0.379. The number of benzene rings is 2. The molecule has 1 N–H and O–H groups in total. The van der Waals surface area contributed by atoms with Gasteiger partial charge in [-0.05, 0) is 30.7 Å². The predicted octanol–water partition coefficient (Wildman–Crippen LogP) is 3.43. The molecule has 0 aromatic heterocycles. The monoisotopic (exact) mass is 380 g/mol. The van der Waals surface area contributed by atoms with Crippen LogP contribution in [0.25, 0.3) is 0 Å². The topological polar surface area (TPSA) is 58.6 Å². The SMILES string of the molecule is Cc1cccc(CS(=O)(=O)Nc2cc(N3CCOCC3)ccc2Cl)c1. The molecular weight excluding hydrogens is 360 g/mol. The summed E-state index contributed by atoms with van der Waals surface area (Å²) in [6.07, 6.45) is 0. The number of rotatable bonds is 5. The lowest BCUT2D eigenvalue weighted by atomic mass is 10.2. The van der Waals surface area contributed by atoms with Gasteiger partial charge in [-0.1, -0.05) is 41.4 Å². The molecule has 0 unspecified atom stereocenters. The zero-order valence-electron chi connectivity index (χ0n) is 14.0. The van der Waals surface area contributed by atoms with Gasteiger partial charge in [0.25, 0.3) is 0 Å². The van der Waals surface area contributed by atoms with E-state index in [9.17, 15) is 8.42 Å². The molecule has 3 rings (SSSR count). The molecule has 0 saturated carbocycles. The summed E-state index contributed by atoms with van der Waals surface area (Å²) in [6.45, 7) is 4.81. The first-order chi connectivity index (χ1) is 11.9. The maximum atomic E-state index is 12.5. The molecule has 1 aliphatic heterocycles. The number of hydrogen-bond donors (Lipinski definition) is 1. The van der Waals surface area contributed by atoms with Crippen LogP contribution in [0.4, 0.5) is 11.4 Å². The molecule has 1 aliphatic rings. The van der Waals surface area contributed by atoms with Crippen LogP contribution in [0.1, 0.15) is 11.1 Å². The fourth-order valence-corrected chi connectivity index (χ4v) is 4.25. The first kappa shape index (κ1) is 18.0. The van der Waals surface area contributed by atoms with E-state index in [0.717, 1.165) is 29.9 Å². The smallest absolute Gasteiger partial charge is 0.236 e. The Morgan fingerprint density at radius 2 is 1.92 bits per heavy atom. The number of anilines is 2. The molecule has 1 fully saturated rings. The second-order valence-electron chi connectivity index (χ2n) is 6.11. The van der Waals surface area contributed by atoms with Crippen LogP contribution in [0.5, 0.6) is 0 Å². The number of halogens is 1. The molecule has 1 saturated heterocycles. The van der Waals surface area contributed by atoms with Gasteiger partial charge in [0.05, 0.1) is 29.7 Å². The molecule has 2 aromatic carbocycles. The van der Waals surface area contributed by atoms with E-state index < -0.39 is 10.0 Å². The lowest BCUT2D eigenvalue weighted by molar-refractivity contribution is 0.122. The minimum atomic E-state index is -3.55. The number of ether oxygens (including phenoxy) is 1. The van der Waals surface area contributed by atoms with E-state index in [4.69, 9.17) is 16.3 Å². The summed E-state index contributed by atoms with van der Waals surface area (Å²) in [4.78, 5) is 2.15. The Balaban J connectivity index is 1.78. The molecule has 0 atom stereocenters. The average Bonchev–Trinajstić information content (AvgIpc) is 2.57. The van der Waals surface area contributed by atoms with Gasteiger partial charge in [0.2, 0.25) is 10.0 Å². The number of morpholine rings is 1. The number of sulfonamides is 1. The summed E-state index contributed by atoms with van der Waals surface area (Å²) >= 11 is 6.20. The Kier molecular flexibility index (Phi) is 5.51. The number of aryl methyl sites for hydroxylation is 1. The van der Waals surface area contributed by atoms with Crippen LogP contribution in [-0.4, -0.2) is 34.7 Å². The third-order valence-electron chi connectivity index (χ3n) is 4.03. The van der Waals surface area contributed by atoms with Gasteiger partial charge in [0.1, 0.15) is 0 Å². The van der Waals surface area contributed by atoms with Crippen molar-refractivity contribution in [2.75, 3.05) is 35.9 Å². The second-order valence-corrected chi connectivity index (χ2v) is 8.24. The third-order valence-corrected chi connectivity index (χ3v) is 5.60. The normalized spacial score (nSPS) is 15.2. The maximum absolute atomic E-state index is 12.5. The van der Waals surface area contributed by atoms with Crippen molar-refractivity contribution >= 4 is 33.0 Å². The summed E-state index contributed by atoms with van der Waals surface area (Å²) in [6, 6.07) is 12.9. The Labute approximate surface area is 153 Å². The van der Waals surface area contributed by atoms with Crippen LogP contribution in [0.2, 0.25) is 5.02 Å². The van der Waals surface area contributed by atoms with Crippen molar-refractivity contribution in [1.29, 1.82) is 0 Å². The Hall–Kier alpha value is -1.76. The molecule has 134 valence electrons. The zero-order chi connectivity index (χ0) is 17.9. The minimum Gasteiger partial charge on any atom is -0.378 e. The molecule has 2 aromatic rings. The molecule has 7 heteroatoms. The lowest BCUT2D eigenvalue weighted by Gasteiger charge is -2.29. The van der Waals surface area contributed by atoms with Crippen molar-refractivity contribution in [3.8, 4) is 0 Å². The molecule has 1 heterocycles. The maximum Gasteiger partial charge on any atom is 0.236 e. The van der Waals surface area contributed by atoms with Gasteiger partial charge in [-0.2, -0.15) is 0 Å². The van der Waals surface area contributed by atoms with Crippen molar-refractivity contribution in [2.24, 2.45) is 0 Å². The molecule has 5 nitrogen and oxygen atoms in total. The van der Waals surface area contributed by atoms with E-state index in [0.29, 0.717) is 23.9 Å². The molecule has 0 amide bonds. The van der Waals surface area contributed by atoms with E-state index in [-0.39, 0.29) is 5.75 Å². The quantitative estimate of drug-likeness (QED) is 0.863. The van der Waals surface area contributed by atoms with Crippen LogP contribution >= 0.6 is 11.6 Å². The number of hydrogen-bond acceptors (Lipinski definition) is 4. The minimum absolute atomic E-state index is 0.0905. The van der Waals surface area contributed by atoms with Gasteiger partial charge < -0.3 is 9.64 Å². The van der Waals surface area contributed by atoms with Crippen molar-refractivity contribution in [1.82, 2.24) is 0 Å². The summed E-state index contributed by atoms with van der Waals surface area (Å²) in [5.41, 5.74) is 3.10. The Morgan fingerprint density at radius 1 is 1.16 bits per heavy atom. The van der Waals surface area contributed by atoms with Gasteiger partial charge in [0, 0.05) is 18.8 Å². The Morgan fingerprint density at radius 3 is 2.64 bits per heavy atom. The molecular formula is C18H21ClN2O3S. The lowest BCUT2D eigenvalue weighted by Crippen LogP contribution is -2.36. The van der Waals surface area contributed by atoms with E-state index in [2.05, 4.69) is 9.62 Å². The van der Waals surface area contributed by atoms with E-state index >= 15 is 0 Å². The predicted molar refractivity (Wildman–Crippen MR) is 102 cm³/mol. The van der Waals surface area contributed by atoms with Crippen molar-refractivity contribution < 1.29 is 13.2 Å². The van der Waals surface area contributed by atoms with Crippen LogP contribution in [0.15, 0.2) is 42.5 Å². The summed E-state index contributed by atoms with van der Waals surface area (Å²) in [5.74, 6) is -0.0905. The second kappa shape index (κ2) is 7.64. The van der Waals surface area contributed by atoms with E-state index in [1.807, 2.05) is 31.2 Å². The third kappa shape index (κ3) is 4.87. The van der Waals surface area contributed by atoms with Crippen LogP contribution in [0, 0.1) is 6.92 Å². The van der Waals surface area contributed by atoms with Gasteiger partial charge in [-0.3, -0.25) is 4.72 Å². The highest BCUT2D eigenvalue weighted by Crippen LogP contribution is 2.29. The summed E-state index contributed by atoms with van der Waals surface area (Å²) in [7, 11) is -3.55. The highest BCUT2D eigenvalue weighted by molar-refractivity contribution is 7.91. The highest BCUT2D eigenvalue weighted by atomic mass is 35.5. The van der Waals surface area contributed by atoms with Gasteiger partial charge >= 0.3 is 0 Å². The first-order valence-corrected chi connectivity index (χ1v) is 10.1. The largest absolute Gasteiger partial charge is 0.378 e. The van der Waals surface area contributed by atoms with Crippen molar-refractivity contribution in [3.05, 3.63) is 58.6 Å². The number of nitrogens with one attached hydrogen (secondary N) is 1. The fourth-order valence-electron chi connectivity index (χ4n) is 2.83. The standard InChI is InChI=1S/C18H21ClN2O3S/c1-14-3-2-4-15(11-14)13-25(22,23)20-18-12-16(5-6-17(18)19)21-7-9-24-10-8-21/h2-6,11-12,20H,7-10,13H2,1H3. The molecule has 0 aliphatic carbocycles. The molecule has 25 heavy (non-hydrogen) atoms. The van der Waals surface area contributed by atoms with Crippen molar-refractivity contribution in [2.45, 2.75) is 12.7 Å². The fraction of sp³-hybridized carbons (Fsp3) is 0.333. The highest BCUT2D eigenvalue weighted by Gasteiger charge is 2.17. The van der Waals surface area contributed by atoms with Crippen LogP contribution in [0.3, 0.4) is 0 Å². The number of nitrogens with zero attached hydrogens (tertiary/aromatic N) is 1. The summed E-state index contributed by atoms with van der Waals surface area (Å²) < 4.78 is 33.0. The van der Waals surface area contributed by atoms with Crippen LogP contribution < -0.4 is 9.62 Å². The Bertz CT molecular complexity index is 849. The van der Waals surface area contributed by atoms with Gasteiger partial charge in [0.15, 0.2) is 0 Å². The van der Waals surface area contributed by atoms with E-state index in [1.165, 1.54) is 0 Å². The van der Waals surface area contributed by atoms with Gasteiger partial charge in [-0.15, -0.1) is 0 Å². The van der Waals surface area contributed by atoms with E-state index in [1.54, 1.807) is 18.2 Å². The molecule has 0 radical (unpaired) electrons. The zero-order valence-corrected chi connectivity index (χ0v) is 15.6. The van der Waals surface area contributed by atoms with Crippen molar-refractivity contribution in [3.63, 3.8) is 0 Å². The first-order valence-electron chi connectivity index (χ1n) is 8.11. The average molecular weight is 381 g/mol. The van der Waals surface area contributed by atoms with Gasteiger partial charge in [-0.25, -0.2) is 8.42 Å². The molecule has 0 spiro atoms. The van der Waals surface area contributed by atoms with Crippen LogP contribution in [-0.2, 0) is 20.5 Å².